The van der Waals surface area contributed by atoms with E-state index in [1.165, 1.54) is 6.26 Å². The van der Waals surface area contributed by atoms with Crippen LogP contribution in [0.15, 0.2) is 29.1 Å². The Morgan fingerprint density at radius 3 is 2.87 bits per heavy atom. The summed E-state index contributed by atoms with van der Waals surface area (Å²) in [6.45, 7) is 5.18. The van der Waals surface area contributed by atoms with Gasteiger partial charge >= 0.3 is 0 Å². The average molecular weight is 338 g/mol. The maximum atomic E-state index is 12.6. The highest BCUT2D eigenvalue weighted by molar-refractivity contribution is 6.32. The fourth-order valence-electron chi connectivity index (χ4n) is 3.04. The molecule has 1 amide bonds. The van der Waals surface area contributed by atoms with E-state index in [-0.39, 0.29) is 35.6 Å². The standard InChI is InChI=1S/C16H20ClN3O3/c1-10(2)20-7-11(5-18-20)14-8-19(6-12(14)9-21)16(22)13-3-4-23-15(13)17/h3-5,7,10,12,14,21H,6,8-9H2,1-2H3/t12-,14-/m0/s1. The summed E-state index contributed by atoms with van der Waals surface area (Å²) in [6, 6.07) is 1.85. The third kappa shape index (κ3) is 3.01. The minimum absolute atomic E-state index is 0.00515. The zero-order valence-electron chi connectivity index (χ0n) is 13.1. The van der Waals surface area contributed by atoms with Gasteiger partial charge in [0, 0.05) is 43.8 Å². The van der Waals surface area contributed by atoms with E-state index in [1.54, 1.807) is 11.0 Å². The van der Waals surface area contributed by atoms with Gasteiger partial charge in [-0.2, -0.15) is 5.10 Å². The Balaban J connectivity index is 1.80. The molecule has 1 aliphatic rings. The Labute approximate surface area is 139 Å². The van der Waals surface area contributed by atoms with Gasteiger partial charge in [-0.1, -0.05) is 0 Å². The van der Waals surface area contributed by atoms with E-state index in [9.17, 15) is 9.90 Å². The number of aliphatic hydroxyl groups excluding tert-OH is 1. The first-order chi connectivity index (χ1) is 11.0. The van der Waals surface area contributed by atoms with Crippen LogP contribution in [0.25, 0.3) is 0 Å². The molecule has 3 rings (SSSR count). The molecule has 0 aliphatic carbocycles. The number of hydrogen-bond donors (Lipinski definition) is 1. The molecular formula is C16H20ClN3O3. The van der Waals surface area contributed by atoms with Crippen LogP contribution in [0.1, 0.15) is 41.7 Å². The van der Waals surface area contributed by atoms with Gasteiger partial charge in [0.05, 0.1) is 18.0 Å². The van der Waals surface area contributed by atoms with Gasteiger partial charge in [0.25, 0.3) is 5.91 Å². The molecule has 7 heteroatoms. The number of nitrogens with zero attached hydrogens (tertiary/aromatic N) is 3. The van der Waals surface area contributed by atoms with Crippen LogP contribution < -0.4 is 0 Å². The summed E-state index contributed by atoms with van der Waals surface area (Å²) < 4.78 is 6.88. The molecule has 0 unspecified atom stereocenters. The molecular weight excluding hydrogens is 318 g/mol. The number of hydrogen-bond acceptors (Lipinski definition) is 4. The molecule has 0 bridgehead atoms. The molecule has 0 saturated carbocycles. The third-order valence-electron chi connectivity index (χ3n) is 4.39. The number of furan rings is 1. The lowest BCUT2D eigenvalue weighted by Crippen LogP contribution is -2.29. The Bertz CT molecular complexity index is 694. The van der Waals surface area contributed by atoms with E-state index in [2.05, 4.69) is 18.9 Å². The number of rotatable bonds is 4. The van der Waals surface area contributed by atoms with E-state index >= 15 is 0 Å². The molecule has 1 fully saturated rings. The van der Waals surface area contributed by atoms with Crippen molar-refractivity contribution in [3.63, 3.8) is 0 Å². The maximum absolute atomic E-state index is 12.6. The topological polar surface area (TPSA) is 71.5 Å². The molecule has 124 valence electrons. The zero-order valence-corrected chi connectivity index (χ0v) is 13.9. The Morgan fingerprint density at radius 2 is 2.30 bits per heavy atom. The molecule has 3 heterocycles. The van der Waals surface area contributed by atoms with Gasteiger partial charge in [-0.3, -0.25) is 9.48 Å². The van der Waals surface area contributed by atoms with Crippen molar-refractivity contribution in [1.82, 2.24) is 14.7 Å². The molecule has 2 aromatic heterocycles. The van der Waals surface area contributed by atoms with Crippen LogP contribution in [0.5, 0.6) is 0 Å². The molecule has 0 aromatic carbocycles. The quantitative estimate of drug-likeness (QED) is 0.930. The first kappa shape index (κ1) is 16.1. The zero-order chi connectivity index (χ0) is 16.6. The number of likely N-dealkylation sites (tertiary alicyclic amines) is 1. The number of aliphatic hydroxyl groups is 1. The van der Waals surface area contributed by atoms with Gasteiger partial charge in [0.15, 0.2) is 0 Å². The SMILES string of the molecule is CC(C)n1cc([C@@H]2CN(C(=O)c3ccoc3Cl)C[C@H]2CO)cn1. The largest absolute Gasteiger partial charge is 0.452 e. The van der Waals surface area contributed by atoms with Crippen molar-refractivity contribution in [2.24, 2.45) is 5.92 Å². The highest BCUT2D eigenvalue weighted by atomic mass is 35.5. The minimum Gasteiger partial charge on any atom is -0.452 e. The first-order valence-corrected chi connectivity index (χ1v) is 8.06. The summed E-state index contributed by atoms with van der Waals surface area (Å²) in [5.74, 6) is -0.0995. The van der Waals surface area contributed by atoms with E-state index in [4.69, 9.17) is 16.0 Å². The summed E-state index contributed by atoms with van der Waals surface area (Å²) in [5, 5.41) is 14.2. The smallest absolute Gasteiger partial charge is 0.258 e. The highest BCUT2D eigenvalue weighted by Gasteiger charge is 2.37. The predicted molar refractivity (Wildman–Crippen MR) is 85.6 cm³/mol. The number of carbonyl (C=O) groups is 1. The van der Waals surface area contributed by atoms with Crippen molar-refractivity contribution in [2.45, 2.75) is 25.8 Å². The van der Waals surface area contributed by atoms with Gasteiger partial charge < -0.3 is 14.4 Å². The van der Waals surface area contributed by atoms with Gasteiger partial charge in [-0.15, -0.1) is 0 Å². The number of halogens is 1. The summed E-state index contributed by atoms with van der Waals surface area (Å²) in [6.07, 6.45) is 5.22. The molecule has 1 N–H and O–H groups in total. The average Bonchev–Trinajstić information content (AvgIpc) is 3.24. The lowest BCUT2D eigenvalue weighted by Gasteiger charge is -2.15. The Morgan fingerprint density at radius 1 is 1.52 bits per heavy atom. The second-order valence-electron chi connectivity index (χ2n) is 6.21. The van der Waals surface area contributed by atoms with Gasteiger partial charge in [0.2, 0.25) is 5.22 Å². The van der Waals surface area contributed by atoms with Crippen LogP contribution in [0, 0.1) is 5.92 Å². The van der Waals surface area contributed by atoms with Crippen molar-refractivity contribution in [2.75, 3.05) is 19.7 Å². The fraction of sp³-hybridized carbons (Fsp3) is 0.500. The van der Waals surface area contributed by atoms with Gasteiger partial charge in [-0.05, 0) is 37.1 Å². The third-order valence-corrected chi connectivity index (χ3v) is 4.68. The van der Waals surface area contributed by atoms with Crippen molar-refractivity contribution in [3.05, 3.63) is 41.1 Å². The lowest BCUT2D eigenvalue weighted by molar-refractivity contribution is 0.0781. The van der Waals surface area contributed by atoms with E-state index in [1.807, 2.05) is 17.1 Å². The number of carbonyl (C=O) groups excluding carboxylic acids is 1. The summed E-state index contributed by atoms with van der Waals surface area (Å²) in [7, 11) is 0. The second kappa shape index (κ2) is 6.37. The highest BCUT2D eigenvalue weighted by Crippen LogP contribution is 2.34. The molecule has 2 atom stereocenters. The van der Waals surface area contributed by atoms with Crippen molar-refractivity contribution >= 4 is 17.5 Å². The van der Waals surface area contributed by atoms with Crippen LogP contribution in [0.3, 0.4) is 0 Å². The predicted octanol–water partition coefficient (Wildman–Crippen LogP) is 2.56. The Hall–Kier alpha value is -1.79. The molecule has 2 aromatic rings. The van der Waals surface area contributed by atoms with Crippen LogP contribution in [-0.2, 0) is 0 Å². The van der Waals surface area contributed by atoms with E-state index in [0.29, 0.717) is 18.7 Å². The molecule has 0 radical (unpaired) electrons. The second-order valence-corrected chi connectivity index (χ2v) is 6.56. The fourth-order valence-corrected chi connectivity index (χ4v) is 3.24. The van der Waals surface area contributed by atoms with Crippen LogP contribution in [0.4, 0.5) is 0 Å². The van der Waals surface area contributed by atoms with Crippen LogP contribution >= 0.6 is 11.6 Å². The number of aromatic nitrogens is 2. The van der Waals surface area contributed by atoms with Crippen molar-refractivity contribution < 1.29 is 14.3 Å². The van der Waals surface area contributed by atoms with Crippen LogP contribution in [0.2, 0.25) is 5.22 Å². The Kier molecular flexibility index (Phi) is 4.46. The monoisotopic (exact) mass is 337 g/mol. The molecule has 6 nitrogen and oxygen atoms in total. The summed E-state index contributed by atoms with van der Waals surface area (Å²) in [4.78, 5) is 14.3. The molecule has 1 saturated heterocycles. The van der Waals surface area contributed by atoms with E-state index < -0.39 is 0 Å². The molecule has 23 heavy (non-hydrogen) atoms. The first-order valence-electron chi connectivity index (χ1n) is 7.68. The van der Waals surface area contributed by atoms with Crippen LogP contribution in [-0.4, -0.2) is 45.4 Å². The maximum Gasteiger partial charge on any atom is 0.258 e. The normalized spacial score (nSPS) is 21.3. The van der Waals surface area contributed by atoms with Gasteiger partial charge in [-0.25, -0.2) is 0 Å². The van der Waals surface area contributed by atoms with Crippen molar-refractivity contribution in [3.8, 4) is 0 Å². The summed E-state index contributed by atoms with van der Waals surface area (Å²) in [5.41, 5.74) is 1.41. The minimum atomic E-state index is -0.166. The molecule has 0 spiro atoms. The summed E-state index contributed by atoms with van der Waals surface area (Å²) >= 11 is 5.90. The van der Waals surface area contributed by atoms with Crippen molar-refractivity contribution in [1.29, 1.82) is 0 Å². The van der Waals surface area contributed by atoms with Gasteiger partial charge in [0.1, 0.15) is 0 Å². The number of amides is 1. The lowest BCUT2D eigenvalue weighted by atomic mass is 9.92. The molecule has 1 aliphatic heterocycles. The van der Waals surface area contributed by atoms with E-state index in [0.717, 1.165) is 5.56 Å².